The average molecular weight is 201 g/mol. The zero-order valence-electron chi connectivity index (χ0n) is 6.15. The monoisotopic (exact) mass is 201 g/mol. The van der Waals surface area contributed by atoms with Crippen LogP contribution >= 0.6 is 12.2 Å². The minimum absolute atomic E-state index is 0.0350. The first-order valence-corrected chi connectivity index (χ1v) is 3.33. The summed E-state index contributed by atoms with van der Waals surface area (Å²) in [4.78, 5) is 0.0350. The summed E-state index contributed by atoms with van der Waals surface area (Å²) in [5, 5.41) is 0. The molecule has 0 saturated heterocycles. The van der Waals surface area contributed by atoms with E-state index in [1.54, 1.807) is 0 Å². The van der Waals surface area contributed by atoms with Crippen LogP contribution in [0.1, 0.15) is 6.92 Å². The number of hydrogen-bond acceptors (Lipinski definition) is 2. The molecule has 0 aliphatic heterocycles. The van der Waals surface area contributed by atoms with Gasteiger partial charge in [0.25, 0.3) is 0 Å². The fourth-order valence-electron chi connectivity index (χ4n) is 0.441. The third kappa shape index (κ3) is 2.77. The van der Waals surface area contributed by atoms with E-state index in [-0.39, 0.29) is 4.86 Å². The van der Waals surface area contributed by atoms with E-state index in [4.69, 9.17) is 5.73 Å². The Morgan fingerprint density at radius 1 is 1.50 bits per heavy atom. The highest BCUT2D eigenvalue weighted by Crippen LogP contribution is 2.27. The van der Waals surface area contributed by atoms with Gasteiger partial charge in [0.05, 0.1) is 5.70 Å². The largest absolute Gasteiger partial charge is 0.397 e. The van der Waals surface area contributed by atoms with Gasteiger partial charge >= 0.3 is 12.3 Å². The maximum Gasteiger partial charge on any atom is 0.346 e. The Hall–Kier alpha value is -0.650. The molecule has 0 aromatic carbocycles. The van der Waals surface area contributed by atoms with Crippen LogP contribution in [0.5, 0.6) is 0 Å². The molecule has 0 aliphatic carbocycles. The molecule has 0 aromatic rings. The van der Waals surface area contributed by atoms with Crippen molar-refractivity contribution in [2.75, 3.05) is 0 Å². The Balaban J connectivity index is 4.67. The summed E-state index contributed by atoms with van der Waals surface area (Å²) in [6.45, 7) is 1.31. The highest BCUT2D eigenvalue weighted by molar-refractivity contribution is 7.80. The molecule has 0 fully saturated rings. The number of rotatable bonds is 3. The predicted molar refractivity (Wildman–Crippen MR) is 41.5 cm³/mol. The molecule has 0 aliphatic rings. The lowest BCUT2D eigenvalue weighted by molar-refractivity contribution is -0.100. The highest BCUT2D eigenvalue weighted by atomic mass is 32.1. The van der Waals surface area contributed by atoms with E-state index in [1.807, 2.05) is 0 Å². The Morgan fingerprint density at radius 2 is 1.92 bits per heavy atom. The minimum Gasteiger partial charge on any atom is -0.397 e. The van der Waals surface area contributed by atoms with E-state index in [9.17, 15) is 17.6 Å². The van der Waals surface area contributed by atoms with Gasteiger partial charge in [-0.25, -0.2) is 8.78 Å². The van der Waals surface area contributed by atoms with E-state index >= 15 is 0 Å². The third-order valence-corrected chi connectivity index (χ3v) is 1.14. The lowest BCUT2D eigenvalue weighted by Gasteiger charge is -2.14. The number of nitrogens with two attached hydrogens (primary N) is 1. The third-order valence-electron chi connectivity index (χ3n) is 1.02. The summed E-state index contributed by atoms with van der Waals surface area (Å²) in [6, 6.07) is 0. The summed E-state index contributed by atoms with van der Waals surface area (Å²) in [6.07, 6.45) is -3.15. The summed E-state index contributed by atoms with van der Waals surface area (Å²) < 4.78 is 47.8. The van der Waals surface area contributed by atoms with E-state index in [0.717, 1.165) is 0 Å². The van der Waals surface area contributed by atoms with Gasteiger partial charge in [0, 0.05) is 4.86 Å². The number of allylic oxidation sites excluding steroid dienone is 2. The van der Waals surface area contributed by atoms with Gasteiger partial charge in [-0.15, -0.1) is 0 Å². The van der Waals surface area contributed by atoms with Crippen LogP contribution in [0.4, 0.5) is 17.6 Å². The van der Waals surface area contributed by atoms with Crippen molar-refractivity contribution in [1.82, 2.24) is 0 Å². The van der Waals surface area contributed by atoms with E-state index in [0.29, 0.717) is 6.08 Å². The van der Waals surface area contributed by atoms with Crippen LogP contribution in [-0.4, -0.2) is 17.2 Å². The second kappa shape index (κ2) is 3.84. The van der Waals surface area contributed by atoms with E-state index in [1.165, 1.54) is 6.92 Å². The summed E-state index contributed by atoms with van der Waals surface area (Å²) in [5.74, 6) is -4.29. The average Bonchev–Trinajstić information content (AvgIpc) is 1.85. The van der Waals surface area contributed by atoms with Gasteiger partial charge in [0.15, 0.2) is 0 Å². The fraction of sp³-hybridized carbons (Fsp3) is 0.500. The molecule has 0 atom stereocenters. The molecule has 0 unspecified atom stereocenters. The number of halogens is 4. The normalized spacial score (nSPS) is 13.7. The van der Waals surface area contributed by atoms with Crippen LogP contribution in [0, 0.1) is 0 Å². The zero-order chi connectivity index (χ0) is 9.94. The second-order valence-electron chi connectivity index (χ2n) is 2.13. The van der Waals surface area contributed by atoms with Gasteiger partial charge < -0.3 is 5.73 Å². The first-order valence-electron chi connectivity index (χ1n) is 2.92. The molecule has 0 saturated carbocycles. The Bertz CT molecular complexity index is 212. The van der Waals surface area contributed by atoms with Crippen molar-refractivity contribution < 1.29 is 17.6 Å². The molecule has 0 rings (SSSR count). The van der Waals surface area contributed by atoms with Crippen molar-refractivity contribution in [3.63, 3.8) is 0 Å². The summed E-state index contributed by atoms with van der Waals surface area (Å²) in [7, 11) is 0. The maximum absolute atomic E-state index is 12.3. The molecule has 0 spiro atoms. The molecule has 0 amide bonds. The van der Waals surface area contributed by atoms with Crippen LogP contribution in [0.15, 0.2) is 11.8 Å². The van der Waals surface area contributed by atoms with E-state index in [2.05, 4.69) is 12.2 Å². The van der Waals surface area contributed by atoms with Crippen molar-refractivity contribution >= 4 is 17.1 Å². The molecule has 1 nitrogen and oxygen atoms in total. The lowest BCUT2D eigenvalue weighted by Crippen LogP contribution is -2.33. The van der Waals surface area contributed by atoms with Gasteiger partial charge in [-0.05, 0) is 13.0 Å². The number of thiocarbonyl (C=S) groups is 1. The van der Waals surface area contributed by atoms with Crippen molar-refractivity contribution in [3.05, 3.63) is 11.8 Å². The van der Waals surface area contributed by atoms with Gasteiger partial charge in [-0.2, -0.15) is 8.78 Å². The van der Waals surface area contributed by atoms with Gasteiger partial charge in [0.2, 0.25) is 0 Å². The Labute approximate surface area is 72.2 Å². The van der Waals surface area contributed by atoms with Crippen LogP contribution in [0.2, 0.25) is 0 Å². The first kappa shape index (κ1) is 11.4. The second-order valence-corrected chi connectivity index (χ2v) is 2.78. The Kier molecular flexibility index (Phi) is 3.63. The maximum atomic E-state index is 12.3. The van der Waals surface area contributed by atoms with Gasteiger partial charge in [-0.1, -0.05) is 12.2 Å². The number of alkyl halides is 4. The first-order chi connectivity index (χ1) is 5.28. The molecule has 0 bridgehead atoms. The fourth-order valence-corrected chi connectivity index (χ4v) is 0.568. The van der Waals surface area contributed by atoms with Crippen LogP contribution in [0.3, 0.4) is 0 Å². The van der Waals surface area contributed by atoms with Gasteiger partial charge in [0.1, 0.15) is 0 Å². The molecule has 12 heavy (non-hydrogen) atoms. The standard InChI is InChI=1S/C6H7F4NS/c1-3(12)2-4(11)6(9,10)5(7)8/h2,5H,11H2,1H3/b4-2-. The van der Waals surface area contributed by atoms with Crippen LogP contribution in [0.25, 0.3) is 0 Å². The SMILES string of the molecule is CC(=S)/C=C(\N)C(F)(F)C(F)F. The topological polar surface area (TPSA) is 26.0 Å². The zero-order valence-corrected chi connectivity index (χ0v) is 6.97. The quantitative estimate of drug-likeness (QED) is 0.430. The van der Waals surface area contributed by atoms with Crippen molar-refractivity contribution in [1.29, 1.82) is 0 Å². The molecule has 0 aromatic heterocycles. The molecule has 70 valence electrons. The van der Waals surface area contributed by atoms with Crippen molar-refractivity contribution in [2.24, 2.45) is 5.73 Å². The Morgan fingerprint density at radius 3 is 2.17 bits per heavy atom. The molecule has 0 heterocycles. The molecule has 0 radical (unpaired) electrons. The minimum atomic E-state index is -4.29. The van der Waals surface area contributed by atoms with E-state index < -0.39 is 18.0 Å². The molecular formula is C6H7F4NS. The smallest absolute Gasteiger partial charge is 0.346 e. The highest BCUT2D eigenvalue weighted by Gasteiger charge is 2.43. The van der Waals surface area contributed by atoms with Crippen molar-refractivity contribution in [2.45, 2.75) is 19.3 Å². The lowest BCUT2D eigenvalue weighted by atomic mass is 10.2. The van der Waals surface area contributed by atoms with Crippen LogP contribution < -0.4 is 5.73 Å². The molecule has 2 N–H and O–H groups in total. The summed E-state index contributed by atoms with van der Waals surface area (Å²) >= 11 is 4.39. The summed E-state index contributed by atoms with van der Waals surface area (Å²) in [5.41, 5.74) is 3.49. The number of hydrogen-bond donors (Lipinski definition) is 1. The molecule has 6 heteroatoms. The van der Waals surface area contributed by atoms with Gasteiger partial charge in [-0.3, -0.25) is 0 Å². The van der Waals surface area contributed by atoms with Crippen molar-refractivity contribution in [3.8, 4) is 0 Å². The van der Waals surface area contributed by atoms with Crippen LogP contribution in [-0.2, 0) is 0 Å². The molecular weight excluding hydrogens is 194 g/mol. The predicted octanol–water partition coefficient (Wildman–Crippen LogP) is 2.12.